The van der Waals surface area contributed by atoms with Gasteiger partial charge in [0.1, 0.15) is 5.82 Å². The van der Waals surface area contributed by atoms with Crippen LogP contribution in [0.1, 0.15) is 6.92 Å². The van der Waals surface area contributed by atoms with Gasteiger partial charge in [0, 0.05) is 7.05 Å². The Balaban J connectivity index is 2.43. The van der Waals surface area contributed by atoms with E-state index in [2.05, 4.69) is 16.0 Å². The molecule has 5 nitrogen and oxygen atoms in total. The number of rotatable bonds is 5. The van der Waals surface area contributed by atoms with Crippen molar-refractivity contribution in [2.24, 2.45) is 0 Å². The second kappa shape index (κ2) is 6.70. The Labute approximate surface area is 105 Å². The zero-order chi connectivity index (χ0) is 13.5. The van der Waals surface area contributed by atoms with Gasteiger partial charge < -0.3 is 10.6 Å². The lowest BCUT2D eigenvalue weighted by Gasteiger charge is -2.12. The number of benzene rings is 1. The van der Waals surface area contributed by atoms with E-state index in [9.17, 15) is 14.0 Å². The van der Waals surface area contributed by atoms with Crippen LogP contribution in [0.5, 0.6) is 0 Å². The van der Waals surface area contributed by atoms with Crippen molar-refractivity contribution in [2.75, 3.05) is 18.9 Å². The molecule has 1 atom stereocenters. The van der Waals surface area contributed by atoms with E-state index in [1.807, 2.05) is 0 Å². The van der Waals surface area contributed by atoms with E-state index >= 15 is 0 Å². The van der Waals surface area contributed by atoms with Crippen molar-refractivity contribution in [3.8, 4) is 0 Å². The second-order valence-electron chi connectivity index (χ2n) is 3.74. The normalized spacial score (nSPS) is 11.7. The van der Waals surface area contributed by atoms with Gasteiger partial charge in [-0.1, -0.05) is 12.1 Å². The lowest BCUT2D eigenvalue weighted by molar-refractivity contribution is -0.122. The number of carbonyl (C=O) groups is 2. The molecule has 0 saturated carbocycles. The van der Waals surface area contributed by atoms with Gasteiger partial charge in [-0.2, -0.15) is 0 Å². The molecule has 1 rings (SSSR count). The minimum atomic E-state index is -0.495. The third-order valence-corrected chi connectivity index (χ3v) is 2.36. The zero-order valence-electron chi connectivity index (χ0n) is 10.3. The summed E-state index contributed by atoms with van der Waals surface area (Å²) in [6.07, 6.45) is 0. The minimum absolute atomic E-state index is 0.0665. The van der Waals surface area contributed by atoms with Crippen molar-refractivity contribution in [3.63, 3.8) is 0 Å². The first kappa shape index (κ1) is 14.1. The summed E-state index contributed by atoms with van der Waals surface area (Å²) in [5.74, 6) is -1.12. The van der Waals surface area contributed by atoms with E-state index in [-0.39, 0.29) is 18.1 Å². The van der Waals surface area contributed by atoms with Crippen molar-refractivity contribution in [3.05, 3.63) is 30.1 Å². The van der Waals surface area contributed by atoms with E-state index in [1.54, 1.807) is 13.0 Å². The van der Waals surface area contributed by atoms with Crippen LogP contribution in [0, 0.1) is 5.82 Å². The molecule has 0 aromatic heterocycles. The Bertz CT molecular complexity index is 437. The van der Waals surface area contributed by atoms with E-state index in [1.165, 1.54) is 25.2 Å². The lowest BCUT2D eigenvalue weighted by Crippen LogP contribution is -2.43. The summed E-state index contributed by atoms with van der Waals surface area (Å²) in [5, 5.41) is 7.59. The predicted octanol–water partition coefficient (Wildman–Crippen LogP) is 0.488. The summed E-state index contributed by atoms with van der Waals surface area (Å²) in [6.45, 7) is 1.57. The molecule has 0 bridgehead atoms. The van der Waals surface area contributed by atoms with Crippen LogP contribution in [-0.4, -0.2) is 31.4 Å². The molecule has 2 amide bonds. The Morgan fingerprint density at radius 2 is 2.00 bits per heavy atom. The standard InChI is InChI=1S/C12H16FN3O2/c1-8(12(18)14-2)15-7-11(17)16-10-6-4-3-5-9(10)13/h3-6,8,15H,7H2,1-2H3,(H,14,18)(H,16,17). The smallest absolute Gasteiger partial charge is 0.238 e. The van der Waals surface area contributed by atoms with Gasteiger partial charge in [0.05, 0.1) is 18.3 Å². The van der Waals surface area contributed by atoms with Gasteiger partial charge in [0.25, 0.3) is 0 Å². The minimum Gasteiger partial charge on any atom is -0.358 e. The van der Waals surface area contributed by atoms with Gasteiger partial charge in [-0.25, -0.2) is 4.39 Å². The molecule has 1 unspecified atom stereocenters. The number of para-hydroxylation sites is 1. The monoisotopic (exact) mass is 253 g/mol. The summed E-state index contributed by atoms with van der Waals surface area (Å²) < 4.78 is 13.2. The van der Waals surface area contributed by atoms with E-state index in [0.29, 0.717) is 0 Å². The van der Waals surface area contributed by atoms with Crippen molar-refractivity contribution in [1.29, 1.82) is 0 Å². The van der Waals surface area contributed by atoms with Gasteiger partial charge >= 0.3 is 0 Å². The molecule has 1 aromatic rings. The maximum absolute atomic E-state index is 13.2. The largest absolute Gasteiger partial charge is 0.358 e. The topological polar surface area (TPSA) is 70.2 Å². The molecule has 0 aliphatic heterocycles. The molecular weight excluding hydrogens is 237 g/mol. The highest BCUT2D eigenvalue weighted by molar-refractivity contribution is 5.92. The van der Waals surface area contributed by atoms with Crippen LogP contribution in [0.4, 0.5) is 10.1 Å². The van der Waals surface area contributed by atoms with E-state index in [4.69, 9.17) is 0 Å². The zero-order valence-corrected chi connectivity index (χ0v) is 10.3. The fraction of sp³-hybridized carbons (Fsp3) is 0.333. The number of nitrogens with one attached hydrogen (secondary N) is 3. The maximum atomic E-state index is 13.2. The first-order valence-corrected chi connectivity index (χ1v) is 5.54. The molecule has 0 radical (unpaired) electrons. The summed E-state index contributed by atoms with van der Waals surface area (Å²) in [5.41, 5.74) is 0.122. The van der Waals surface area contributed by atoms with Crippen LogP contribution < -0.4 is 16.0 Å². The van der Waals surface area contributed by atoms with Crippen LogP contribution in [0.25, 0.3) is 0 Å². The Kier molecular flexibility index (Phi) is 5.26. The van der Waals surface area contributed by atoms with Gasteiger partial charge in [-0.15, -0.1) is 0 Å². The summed E-state index contributed by atoms with van der Waals surface area (Å²) >= 11 is 0. The average molecular weight is 253 g/mol. The molecule has 0 aliphatic carbocycles. The van der Waals surface area contributed by atoms with E-state index < -0.39 is 17.8 Å². The summed E-state index contributed by atoms with van der Waals surface area (Å²) in [6, 6.07) is 5.41. The van der Waals surface area contributed by atoms with Gasteiger partial charge in [0.15, 0.2) is 0 Å². The van der Waals surface area contributed by atoms with Crippen molar-refractivity contribution in [1.82, 2.24) is 10.6 Å². The van der Waals surface area contributed by atoms with Crippen LogP contribution in [0.3, 0.4) is 0 Å². The number of hydrogen-bond acceptors (Lipinski definition) is 3. The van der Waals surface area contributed by atoms with Gasteiger partial charge in [-0.05, 0) is 19.1 Å². The molecule has 0 heterocycles. The van der Waals surface area contributed by atoms with Gasteiger partial charge in [0.2, 0.25) is 11.8 Å². The molecule has 0 spiro atoms. The Hall–Kier alpha value is -1.95. The highest BCUT2D eigenvalue weighted by Crippen LogP contribution is 2.11. The summed E-state index contributed by atoms with van der Waals surface area (Å²) in [4.78, 5) is 22.7. The van der Waals surface area contributed by atoms with Crippen LogP contribution in [0.15, 0.2) is 24.3 Å². The number of amides is 2. The van der Waals surface area contributed by atoms with Crippen molar-refractivity contribution in [2.45, 2.75) is 13.0 Å². The number of anilines is 1. The van der Waals surface area contributed by atoms with Crippen LogP contribution in [-0.2, 0) is 9.59 Å². The van der Waals surface area contributed by atoms with Crippen LogP contribution >= 0.6 is 0 Å². The summed E-state index contributed by atoms with van der Waals surface area (Å²) in [7, 11) is 1.51. The van der Waals surface area contributed by atoms with Crippen LogP contribution in [0.2, 0.25) is 0 Å². The average Bonchev–Trinajstić information content (AvgIpc) is 2.37. The van der Waals surface area contributed by atoms with E-state index in [0.717, 1.165) is 0 Å². The SMILES string of the molecule is CNC(=O)C(C)NCC(=O)Nc1ccccc1F. The molecule has 98 valence electrons. The number of likely N-dealkylation sites (N-methyl/N-ethyl adjacent to an activating group) is 1. The lowest BCUT2D eigenvalue weighted by atomic mass is 10.3. The highest BCUT2D eigenvalue weighted by Gasteiger charge is 2.12. The second-order valence-corrected chi connectivity index (χ2v) is 3.74. The third-order valence-electron chi connectivity index (χ3n) is 2.36. The predicted molar refractivity (Wildman–Crippen MR) is 66.6 cm³/mol. The highest BCUT2D eigenvalue weighted by atomic mass is 19.1. The molecule has 6 heteroatoms. The third kappa shape index (κ3) is 4.14. The Morgan fingerprint density at radius 3 is 2.61 bits per heavy atom. The maximum Gasteiger partial charge on any atom is 0.238 e. The fourth-order valence-corrected chi connectivity index (χ4v) is 1.31. The molecule has 0 saturated heterocycles. The molecule has 0 fully saturated rings. The molecule has 18 heavy (non-hydrogen) atoms. The number of hydrogen-bond donors (Lipinski definition) is 3. The van der Waals surface area contributed by atoms with Crippen molar-refractivity contribution < 1.29 is 14.0 Å². The van der Waals surface area contributed by atoms with Crippen molar-refractivity contribution >= 4 is 17.5 Å². The molecule has 0 aliphatic rings. The Morgan fingerprint density at radius 1 is 1.33 bits per heavy atom. The molecular formula is C12H16FN3O2. The first-order chi connectivity index (χ1) is 8.54. The number of carbonyl (C=O) groups excluding carboxylic acids is 2. The fourth-order valence-electron chi connectivity index (χ4n) is 1.31. The molecule has 3 N–H and O–H groups in total. The quantitative estimate of drug-likeness (QED) is 0.715. The first-order valence-electron chi connectivity index (χ1n) is 5.54. The van der Waals surface area contributed by atoms with Gasteiger partial charge in [-0.3, -0.25) is 14.9 Å². The number of halogens is 1. The molecule has 1 aromatic carbocycles.